The number of hydrogen-bond acceptors (Lipinski definition) is 3. The van der Waals surface area contributed by atoms with Gasteiger partial charge in [-0.05, 0) is 35.2 Å². The standard InChI is InChI=1S/C16H15NO3/c1-2-10-5-3-4-6-12(10)15(18)11-7-8-13-14(9-11)20-16(19)17-13/h3-9,15,18H,2H2,1H3,(H,17,19). The van der Waals surface area contributed by atoms with Gasteiger partial charge in [0.25, 0.3) is 0 Å². The van der Waals surface area contributed by atoms with Crippen LogP contribution in [0.5, 0.6) is 0 Å². The minimum Gasteiger partial charge on any atom is -0.408 e. The Morgan fingerprint density at radius 2 is 2.05 bits per heavy atom. The molecule has 0 spiro atoms. The zero-order valence-corrected chi connectivity index (χ0v) is 11.1. The molecule has 1 unspecified atom stereocenters. The van der Waals surface area contributed by atoms with Crippen molar-refractivity contribution in [1.29, 1.82) is 0 Å². The molecule has 4 heteroatoms. The van der Waals surface area contributed by atoms with E-state index >= 15 is 0 Å². The lowest BCUT2D eigenvalue weighted by Gasteiger charge is -2.15. The molecule has 0 aliphatic carbocycles. The Morgan fingerprint density at radius 3 is 2.85 bits per heavy atom. The summed E-state index contributed by atoms with van der Waals surface area (Å²) in [5.74, 6) is -0.486. The molecule has 0 bridgehead atoms. The van der Waals surface area contributed by atoms with Crippen molar-refractivity contribution in [3.05, 3.63) is 69.7 Å². The molecule has 0 radical (unpaired) electrons. The van der Waals surface area contributed by atoms with E-state index in [-0.39, 0.29) is 0 Å². The smallest absolute Gasteiger partial charge is 0.408 e. The van der Waals surface area contributed by atoms with Crippen molar-refractivity contribution < 1.29 is 9.52 Å². The molecule has 0 saturated carbocycles. The summed E-state index contributed by atoms with van der Waals surface area (Å²) >= 11 is 0. The van der Waals surface area contributed by atoms with E-state index < -0.39 is 11.9 Å². The Hall–Kier alpha value is -2.33. The highest BCUT2D eigenvalue weighted by atomic mass is 16.4. The SMILES string of the molecule is CCc1ccccc1C(O)c1ccc2[nH]c(=O)oc2c1. The van der Waals surface area contributed by atoms with Gasteiger partial charge in [-0.15, -0.1) is 0 Å². The summed E-state index contributed by atoms with van der Waals surface area (Å²) in [5.41, 5.74) is 3.79. The molecule has 2 aromatic carbocycles. The van der Waals surface area contributed by atoms with Crippen LogP contribution in [-0.4, -0.2) is 10.1 Å². The molecule has 0 aliphatic heterocycles. The minimum absolute atomic E-state index is 0.459. The summed E-state index contributed by atoms with van der Waals surface area (Å²) in [6.07, 6.45) is 0.130. The highest BCUT2D eigenvalue weighted by Gasteiger charge is 2.15. The molecule has 20 heavy (non-hydrogen) atoms. The van der Waals surface area contributed by atoms with Crippen LogP contribution in [0.15, 0.2) is 51.7 Å². The van der Waals surface area contributed by atoms with Crippen molar-refractivity contribution in [1.82, 2.24) is 4.98 Å². The van der Waals surface area contributed by atoms with Gasteiger partial charge in [-0.1, -0.05) is 37.3 Å². The van der Waals surface area contributed by atoms with Crippen LogP contribution in [0.2, 0.25) is 0 Å². The molecular formula is C16H15NO3. The molecule has 0 aliphatic rings. The normalized spacial score (nSPS) is 12.7. The number of aliphatic hydroxyl groups excluding tert-OH is 1. The predicted molar refractivity (Wildman–Crippen MR) is 76.7 cm³/mol. The number of aryl methyl sites for hydroxylation is 1. The molecular weight excluding hydrogens is 254 g/mol. The second-order valence-corrected chi connectivity index (χ2v) is 4.73. The fourth-order valence-corrected chi connectivity index (χ4v) is 2.43. The van der Waals surface area contributed by atoms with Crippen LogP contribution in [0, 0.1) is 0 Å². The third kappa shape index (κ3) is 2.14. The lowest BCUT2D eigenvalue weighted by Crippen LogP contribution is -2.03. The van der Waals surface area contributed by atoms with Crippen molar-refractivity contribution in [2.24, 2.45) is 0 Å². The summed E-state index contributed by atoms with van der Waals surface area (Å²) in [7, 11) is 0. The summed E-state index contributed by atoms with van der Waals surface area (Å²) in [5, 5.41) is 10.5. The van der Waals surface area contributed by atoms with Crippen molar-refractivity contribution in [2.45, 2.75) is 19.4 Å². The Bertz CT molecular complexity index is 801. The highest BCUT2D eigenvalue weighted by Crippen LogP contribution is 2.27. The number of fused-ring (bicyclic) bond motifs is 1. The average Bonchev–Trinajstić information content (AvgIpc) is 2.85. The fourth-order valence-electron chi connectivity index (χ4n) is 2.43. The molecule has 3 rings (SSSR count). The lowest BCUT2D eigenvalue weighted by atomic mass is 9.95. The average molecular weight is 269 g/mol. The van der Waals surface area contributed by atoms with Crippen LogP contribution in [-0.2, 0) is 6.42 Å². The van der Waals surface area contributed by atoms with Crippen LogP contribution >= 0.6 is 0 Å². The van der Waals surface area contributed by atoms with Gasteiger partial charge in [0.1, 0.15) is 6.10 Å². The molecule has 1 heterocycles. The van der Waals surface area contributed by atoms with Gasteiger partial charge in [-0.25, -0.2) is 4.79 Å². The van der Waals surface area contributed by atoms with Crippen LogP contribution in [0.3, 0.4) is 0 Å². The number of benzene rings is 2. The maximum absolute atomic E-state index is 11.2. The molecule has 0 fully saturated rings. The second-order valence-electron chi connectivity index (χ2n) is 4.73. The molecule has 1 atom stereocenters. The summed E-state index contributed by atoms with van der Waals surface area (Å²) in [4.78, 5) is 13.7. The highest BCUT2D eigenvalue weighted by molar-refractivity contribution is 5.73. The van der Waals surface area contributed by atoms with E-state index in [0.29, 0.717) is 16.7 Å². The molecule has 3 aromatic rings. The molecule has 1 aromatic heterocycles. The first-order chi connectivity index (χ1) is 9.69. The Balaban J connectivity index is 2.07. The van der Waals surface area contributed by atoms with E-state index in [4.69, 9.17) is 4.42 Å². The topological polar surface area (TPSA) is 66.2 Å². The van der Waals surface area contributed by atoms with E-state index in [2.05, 4.69) is 11.9 Å². The number of hydrogen-bond donors (Lipinski definition) is 2. The maximum atomic E-state index is 11.2. The second kappa shape index (κ2) is 4.98. The number of aromatic nitrogens is 1. The number of aromatic amines is 1. The summed E-state index contributed by atoms with van der Waals surface area (Å²) < 4.78 is 5.03. The predicted octanol–water partition coefficient (Wildman–Crippen LogP) is 2.77. The van der Waals surface area contributed by atoms with Gasteiger partial charge in [0.2, 0.25) is 0 Å². The van der Waals surface area contributed by atoms with Crippen molar-refractivity contribution >= 4 is 11.1 Å². The van der Waals surface area contributed by atoms with Crippen LogP contribution < -0.4 is 5.76 Å². The number of aliphatic hydroxyl groups is 1. The lowest BCUT2D eigenvalue weighted by molar-refractivity contribution is 0.219. The van der Waals surface area contributed by atoms with Gasteiger partial charge < -0.3 is 9.52 Å². The quantitative estimate of drug-likeness (QED) is 0.768. The molecule has 4 nitrogen and oxygen atoms in total. The summed E-state index contributed by atoms with van der Waals surface area (Å²) in [6.45, 7) is 2.06. The van der Waals surface area contributed by atoms with Gasteiger partial charge >= 0.3 is 5.76 Å². The van der Waals surface area contributed by atoms with E-state index in [1.807, 2.05) is 24.3 Å². The van der Waals surface area contributed by atoms with Crippen LogP contribution in [0.1, 0.15) is 29.7 Å². The zero-order chi connectivity index (χ0) is 14.1. The van der Waals surface area contributed by atoms with E-state index in [1.165, 1.54) is 0 Å². The summed E-state index contributed by atoms with van der Waals surface area (Å²) in [6, 6.07) is 13.0. The van der Waals surface area contributed by atoms with Gasteiger partial charge in [0.05, 0.1) is 5.52 Å². The first-order valence-corrected chi connectivity index (χ1v) is 6.57. The number of nitrogens with one attached hydrogen (secondary N) is 1. The zero-order valence-electron chi connectivity index (χ0n) is 11.1. The number of oxazole rings is 1. The molecule has 0 amide bonds. The Labute approximate surface area is 115 Å². The number of rotatable bonds is 3. The molecule has 0 saturated heterocycles. The van der Waals surface area contributed by atoms with E-state index in [1.54, 1.807) is 18.2 Å². The Kier molecular flexibility index (Phi) is 3.16. The van der Waals surface area contributed by atoms with Crippen molar-refractivity contribution in [3.8, 4) is 0 Å². The van der Waals surface area contributed by atoms with E-state index in [0.717, 1.165) is 17.5 Å². The third-order valence-corrected chi connectivity index (χ3v) is 3.49. The van der Waals surface area contributed by atoms with Gasteiger partial charge in [0.15, 0.2) is 5.58 Å². The van der Waals surface area contributed by atoms with Gasteiger partial charge in [0, 0.05) is 0 Å². The van der Waals surface area contributed by atoms with Gasteiger partial charge in [-0.2, -0.15) is 0 Å². The van der Waals surface area contributed by atoms with Crippen LogP contribution in [0.4, 0.5) is 0 Å². The van der Waals surface area contributed by atoms with E-state index in [9.17, 15) is 9.90 Å². The monoisotopic (exact) mass is 269 g/mol. The van der Waals surface area contributed by atoms with Gasteiger partial charge in [-0.3, -0.25) is 4.98 Å². The molecule has 102 valence electrons. The maximum Gasteiger partial charge on any atom is 0.417 e. The van der Waals surface area contributed by atoms with Crippen LogP contribution in [0.25, 0.3) is 11.1 Å². The first-order valence-electron chi connectivity index (χ1n) is 6.57. The molecule has 2 N–H and O–H groups in total. The fraction of sp³-hybridized carbons (Fsp3) is 0.188. The van der Waals surface area contributed by atoms with Crippen molar-refractivity contribution in [2.75, 3.05) is 0 Å². The third-order valence-electron chi connectivity index (χ3n) is 3.49. The first kappa shape index (κ1) is 12.7. The number of H-pyrrole nitrogens is 1. The largest absolute Gasteiger partial charge is 0.417 e. The Morgan fingerprint density at radius 1 is 1.25 bits per heavy atom. The minimum atomic E-state index is -0.726. The van der Waals surface area contributed by atoms with Crippen molar-refractivity contribution in [3.63, 3.8) is 0 Å².